The van der Waals surface area contributed by atoms with Gasteiger partial charge in [0.2, 0.25) is 0 Å². The molecule has 0 amide bonds. The normalized spacial score (nSPS) is 15.2. The highest BCUT2D eigenvalue weighted by Gasteiger charge is 2.21. The highest BCUT2D eigenvalue weighted by molar-refractivity contribution is 6.01. The van der Waals surface area contributed by atoms with E-state index in [0.717, 1.165) is 59.9 Å². The summed E-state index contributed by atoms with van der Waals surface area (Å²) >= 11 is 0. The Morgan fingerprint density at radius 2 is 2.07 bits per heavy atom. The zero-order valence-corrected chi connectivity index (χ0v) is 15.7. The maximum atomic E-state index is 5.49. The molecule has 0 atom stereocenters. The SMILES string of the molecule is Cc1cccc(-n2cc(-c3ccn[nH]3)c3c(NC4CCOCC4)ncnc32)c1. The second-order valence-electron chi connectivity index (χ2n) is 7.17. The van der Waals surface area contributed by atoms with Crippen molar-refractivity contribution in [3.63, 3.8) is 0 Å². The van der Waals surface area contributed by atoms with Gasteiger partial charge in [-0.15, -0.1) is 0 Å². The lowest BCUT2D eigenvalue weighted by atomic mass is 10.1. The maximum Gasteiger partial charge on any atom is 0.150 e. The van der Waals surface area contributed by atoms with Gasteiger partial charge < -0.3 is 14.6 Å². The molecule has 28 heavy (non-hydrogen) atoms. The number of rotatable bonds is 4. The Labute approximate surface area is 162 Å². The quantitative estimate of drug-likeness (QED) is 0.569. The molecule has 1 aliphatic heterocycles. The Hall–Kier alpha value is -3.19. The minimum Gasteiger partial charge on any atom is -0.381 e. The van der Waals surface area contributed by atoms with Crippen LogP contribution in [0.15, 0.2) is 49.1 Å². The lowest BCUT2D eigenvalue weighted by Crippen LogP contribution is -2.28. The van der Waals surface area contributed by atoms with Gasteiger partial charge >= 0.3 is 0 Å². The van der Waals surface area contributed by atoms with Crippen molar-refractivity contribution >= 4 is 16.9 Å². The highest BCUT2D eigenvalue weighted by atomic mass is 16.5. The number of nitrogens with zero attached hydrogens (tertiary/aromatic N) is 4. The van der Waals surface area contributed by atoms with E-state index >= 15 is 0 Å². The maximum absolute atomic E-state index is 5.49. The topological polar surface area (TPSA) is 80.7 Å². The van der Waals surface area contributed by atoms with Crippen LogP contribution in [-0.4, -0.2) is 44.0 Å². The Kier molecular flexibility index (Phi) is 4.29. The van der Waals surface area contributed by atoms with Crippen LogP contribution in [0, 0.1) is 6.92 Å². The predicted octanol–water partition coefficient (Wildman–Crippen LogP) is 3.71. The van der Waals surface area contributed by atoms with Gasteiger partial charge in [-0.05, 0) is 43.5 Å². The molecule has 1 fully saturated rings. The zero-order chi connectivity index (χ0) is 18.9. The van der Waals surface area contributed by atoms with E-state index in [-0.39, 0.29) is 0 Å². The second kappa shape index (κ2) is 7.09. The summed E-state index contributed by atoms with van der Waals surface area (Å²) in [4.78, 5) is 9.21. The van der Waals surface area contributed by atoms with Crippen LogP contribution >= 0.6 is 0 Å². The first kappa shape index (κ1) is 16.9. The number of hydrogen-bond acceptors (Lipinski definition) is 5. The van der Waals surface area contributed by atoms with E-state index in [1.54, 1.807) is 12.5 Å². The van der Waals surface area contributed by atoms with Crippen molar-refractivity contribution in [3.8, 4) is 16.9 Å². The van der Waals surface area contributed by atoms with E-state index in [9.17, 15) is 0 Å². The van der Waals surface area contributed by atoms with Gasteiger partial charge in [0, 0.05) is 42.9 Å². The number of fused-ring (bicyclic) bond motifs is 1. The summed E-state index contributed by atoms with van der Waals surface area (Å²) in [5.74, 6) is 0.855. The van der Waals surface area contributed by atoms with Crippen LogP contribution in [0.3, 0.4) is 0 Å². The van der Waals surface area contributed by atoms with Crippen LogP contribution in [0.25, 0.3) is 28.0 Å². The molecule has 7 heteroatoms. The molecule has 1 saturated heterocycles. The summed E-state index contributed by atoms with van der Waals surface area (Å²) in [6, 6.07) is 10.7. The highest BCUT2D eigenvalue weighted by Crippen LogP contribution is 2.35. The summed E-state index contributed by atoms with van der Waals surface area (Å²) in [5.41, 5.74) is 5.13. The van der Waals surface area contributed by atoms with Gasteiger partial charge in [-0.25, -0.2) is 9.97 Å². The van der Waals surface area contributed by atoms with Crippen LogP contribution < -0.4 is 5.32 Å². The zero-order valence-electron chi connectivity index (χ0n) is 15.7. The minimum atomic E-state index is 0.351. The second-order valence-corrected chi connectivity index (χ2v) is 7.17. The fourth-order valence-electron chi connectivity index (χ4n) is 3.79. The number of anilines is 1. The van der Waals surface area contributed by atoms with Crippen LogP contribution in [0.2, 0.25) is 0 Å². The van der Waals surface area contributed by atoms with Crippen molar-refractivity contribution in [1.29, 1.82) is 0 Å². The van der Waals surface area contributed by atoms with E-state index < -0.39 is 0 Å². The molecular formula is C21H22N6O. The molecule has 5 rings (SSSR count). The molecule has 0 unspecified atom stereocenters. The number of ether oxygens (including phenoxy) is 1. The smallest absolute Gasteiger partial charge is 0.150 e. The number of aromatic amines is 1. The molecule has 3 aromatic heterocycles. The first-order valence-electron chi connectivity index (χ1n) is 9.57. The van der Waals surface area contributed by atoms with E-state index in [1.807, 2.05) is 6.07 Å². The third-order valence-electron chi connectivity index (χ3n) is 5.22. The van der Waals surface area contributed by atoms with Gasteiger partial charge in [0.1, 0.15) is 12.1 Å². The number of aromatic nitrogens is 5. The van der Waals surface area contributed by atoms with Gasteiger partial charge in [0.15, 0.2) is 5.65 Å². The molecule has 2 N–H and O–H groups in total. The third kappa shape index (κ3) is 3.03. The average molecular weight is 374 g/mol. The molecule has 0 radical (unpaired) electrons. The summed E-state index contributed by atoms with van der Waals surface area (Å²) in [7, 11) is 0. The van der Waals surface area contributed by atoms with Crippen molar-refractivity contribution in [1.82, 2.24) is 24.7 Å². The molecule has 0 spiro atoms. The average Bonchev–Trinajstić information content (AvgIpc) is 3.37. The fourth-order valence-corrected chi connectivity index (χ4v) is 3.79. The van der Waals surface area contributed by atoms with Crippen molar-refractivity contribution in [2.24, 2.45) is 0 Å². The number of nitrogens with one attached hydrogen (secondary N) is 2. The molecule has 1 aliphatic rings. The Balaban J connectivity index is 1.69. The van der Waals surface area contributed by atoms with Crippen molar-refractivity contribution < 1.29 is 4.74 Å². The van der Waals surface area contributed by atoms with E-state index in [4.69, 9.17) is 4.74 Å². The minimum absolute atomic E-state index is 0.351. The first-order valence-corrected chi connectivity index (χ1v) is 9.57. The van der Waals surface area contributed by atoms with Gasteiger partial charge in [-0.1, -0.05) is 12.1 Å². The van der Waals surface area contributed by atoms with Crippen molar-refractivity contribution in [2.45, 2.75) is 25.8 Å². The summed E-state index contributed by atoms with van der Waals surface area (Å²) in [6.45, 7) is 3.66. The van der Waals surface area contributed by atoms with Crippen LogP contribution in [0.4, 0.5) is 5.82 Å². The summed E-state index contributed by atoms with van der Waals surface area (Å²) < 4.78 is 7.61. The third-order valence-corrected chi connectivity index (χ3v) is 5.22. The monoisotopic (exact) mass is 374 g/mol. The molecular weight excluding hydrogens is 352 g/mol. The fraction of sp³-hybridized carbons (Fsp3) is 0.286. The molecule has 0 saturated carbocycles. The largest absolute Gasteiger partial charge is 0.381 e. The molecule has 7 nitrogen and oxygen atoms in total. The lowest BCUT2D eigenvalue weighted by molar-refractivity contribution is 0.0904. The van der Waals surface area contributed by atoms with E-state index in [2.05, 4.69) is 67.4 Å². The van der Waals surface area contributed by atoms with E-state index in [0.29, 0.717) is 6.04 Å². The van der Waals surface area contributed by atoms with Crippen LogP contribution in [-0.2, 0) is 4.74 Å². The number of benzene rings is 1. The van der Waals surface area contributed by atoms with E-state index in [1.165, 1.54) is 5.56 Å². The van der Waals surface area contributed by atoms with Gasteiger partial charge in [0.05, 0.1) is 11.1 Å². The van der Waals surface area contributed by atoms with Gasteiger partial charge in [0.25, 0.3) is 0 Å². The standard InChI is InChI=1S/C21H22N6O/c1-14-3-2-4-16(11-14)27-12-17(18-5-8-24-26-18)19-20(22-13-23-21(19)27)25-15-6-9-28-10-7-15/h2-5,8,11-13,15H,6-7,9-10H2,1H3,(H,24,26)(H,22,23,25). The molecule has 1 aromatic carbocycles. The summed E-state index contributed by atoms with van der Waals surface area (Å²) in [5, 5.41) is 11.8. The first-order chi connectivity index (χ1) is 13.8. The lowest BCUT2D eigenvalue weighted by Gasteiger charge is -2.24. The van der Waals surface area contributed by atoms with Crippen LogP contribution in [0.1, 0.15) is 18.4 Å². The molecule has 4 aromatic rings. The van der Waals surface area contributed by atoms with Crippen molar-refractivity contribution in [3.05, 3.63) is 54.6 Å². The Morgan fingerprint density at radius 3 is 2.86 bits per heavy atom. The number of aryl methyl sites for hydroxylation is 1. The predicted molar refractivity (Wildman–Crippen MR) is 109 cm³/mol. The number of hydrogen-bond donors (Lipinski definition) is 2. The number of H-pyrrole nitrogens is 1. The van der Waals surface area contributed by atoms with Crippen LogP contribution in [0.5, 0.6) is 0 Å². The molecule has 0 bridgehead atoms. The van der Waals surface area contributed by atoms with Gasteiger partial charge in [-0.3, -0.25) is 5.10 Å². The van der Waals surface area contributed by atoms with Crippen molar-refractivity contribution in [2.75, 3.05) is 18.5 Å². The molecule has 0 aliphatic carbocycles. The summed E-state index contributed by atoms with van der Waals surface area (Å²) in [6.07, 6.45) is 7.46. The molecule has 142 valence electrons. The Morgan fingerprint density at radius 1 is 1.18 bits per heavy atom. The van der Waals surface area contributed by atoms with Gasteiger partial charge in [-0.2, -0.15) is 5.10 Å². The molecule has 4 heterocycles. The Bertz CT molecular complexity index is 1100.